The van der Waals surface area contributed by atoms with Gasteiger partial charge in [-0.2, -0.15) is 0 Å². The molecule has 6 nitrogen and oxygen atoms in total. The van der Waals surface area contributed by atoms with E-state index in [2.05, 4.69) is 10.2 Å². The molecule has 2 amide bonds. The van der Waals surface area contributed by atoms with E-state index in [9.17, 15) is 4.79 Å². The average Bonchev–Trinajstić information content (AvgIpc) is 2.81. The zero-order valence-corrected chi connectivity index (χ0v) is 11.1. The Bertz CT molecular complexity index is 287. The summed E-state index contributed by atoms with van der Waals surface area (Å²) in [6, 6.07) is 0.445. The minimum atomic E-state index is 0.0612. The van der Waals surface area contributed by atoms with Crippen LogP contribution in [0.5, 0.6) is 0 Å². The quantitative estimate of drug-likeness (QED) is 0.692. The van der Waals surface area contributed by atoms with Gasteiger partial charge in [0.15, 0.2) is 0 Å². The van der Waals surface area contributed by atoms with E-state index in [1.54, 1.807) is 7.11 Å². The van der Waals surface area contributed by atoms with Crippen molar-refractivity contribution < 1.29 is 9.53 Å². The van der Waals surface area contributed by atoms with Crippen LogP contribution in [0.4, 0.5) is 4.79 Å². The number of amides is 2. The Labute approximate surface area is 108 Å². The molecule has 0 aliphatic carbocycles. The number of carbonyl (C=O) groups is 1. The molecule has 0 aromatic carbocycles. The fourth-order valence-corrected chi connectivity index (χ4v) is 2.79. The molecule has 18 heavy (non-hydrogen) atoms. The third-order valence-electron chi connectivity index (χ3n) is 4.00. The zero-order chi connectivity index (χ0) is 13.0. The second-order valence-electron chi connectivity index (χ2n) is 5.03. The summed E-state index contributed by atoms with van der Waals surface area (Å²) < 4.78 is 5.41. The van der Waals surface area contributed by atoms with E-state index in [0.717, 1.165) is 45.6 Å². The van der Waals surface area contributed by atoms with E-state index in [4.69, 9.17) is 10.5 Å². The smallest absolute Gasteiger partial charge is 0.317 e. The molecule has 6 heteroatoms. The summed E-state index contributed by atoms with van der Waals surface area (Å²) >= 11 is 0. The van der Waals surface area contributed by atoms with Gasteiger partial charge in [0.1, 0.15) is 0 Å². The molecular weight excluding hydrogens is 232 g/mol. The third-order valence-corrected chi connectivity index (χ3v) is 4.00. The largest absolute Gasteiger partial charge is 0.381 e. The van der Waals surface area contributed by atoms with Crippen LogP contribution in [0.1, 0.15) is 12.8 Å². The SMILES string of the molecule is COC1CCN(CCN2CCNC2=O)C(CN)C1. The fraction of sp³-hybridized carbons (Fsp3) is 0.917. The van der Waals surface area contributed by atoms with Gasteiger partial charge in [-0.3, -0.25) is 4.90 Å². The second kappa shape index (κ2) is 6.36. The first-order chi connectivity index (χ1) is 8.74. The van der Waals surface area contributed by atoms with Crippen LogP contribution in [0.25, 0.3) is 0 Å². The van der Waals surface area contributed by atoms with Gasteiger partial charge in [0.25, 0.3) is 0 Å². The number of urea groups is 1. The number of rotatable bonds is 5. The van der Waals surface area contributed by atoms with E-state index in [0.29, 0.717) is 18.7 Å². The van der Waals surface area contributed by atoms with Gasteiger partial charge >= 0.3 is 6.03 Å². The van der Waals surface area contributed by atoms with Crippen molar-refractivity contribution in [2.24, 2.45) is 5.73 Å². The van der Waals surface area contributed by atoms with Crippen LogP contribution in [0.15, 0.2) is 0 Å². The van der Waals surface area contributed by atoms with Crippen molar-refractivity contribution in [3.05, 3.63) is 0 Å². The molecule has 104 valence electrons. The molecule has 0 radical (unpaired) electrons. The number of likely N-dealkylation sites (tertiary alicyclic amines) is 1. The van der Waals surface area contributed by atoms with Crippen molar-refractivity contribution in [1.82, 2.24) is 15.1 Å². The average molecular weight is 256 g/mol. The van der Waals surface area contributed by atoms with Gasteiger partial charge < -0.3 is 20.7 Å². The zero-order valence-electron chi connectivity index (χ0n) is 11.1. The van der Waals surface area contributed by atoms with Crippen LogP contribution >= 0.6 is 0 Å². The highest BCUT2D eigenvalue weighted by Gasteiger charge is 2.28. The molecule has 2 aliphatic rings. The molecule has 0 bridgehead atoms. The van der Waals surface area contributed by atoms with Gasteiger partial charge in [-0.15, -0.1) is 0 Å². The molecule has 2 heterocycles. The first kappa shape index (κ1) is 13.6. The van der Waals surface area contributed by atoms with Crippen molar-refractivity contribution in [1.29, 1.82) is 0 Å². The number of carbonyl (C=O) groups excluding carboxylic acids is 1. The maximum absolute atomic E-state index is 11.4. The van der Waals surface area contributed by atoms with Crippen LogP contribution in [0, 0.1) is 0 Å². The summed E-state index contributed by atoms with van der Waals surface area (Å²) in [5, 5.41) is 2.82. The lowest BCUT2D eigenvalue weighted by Crippen LogP contribution is -2.50. The number of methoxy groups -OCH3 is 1. The molecule has 0 spiro atoms. The number of nitrogens with one attached hydrogen (secondary N) is 1. The van der Waals surface area contributed by atoms with E-state index in [1.165, 1.54) is 0 Å². The number of piperidine rings is 1. The summed E-state index contributed by atoms with van der Waals surface area (Å²) in [6.45, 7) is 4.96. The maximum atomic E-state index is 11.4. The molecule has 3 N–H and O–H groups in total. The number of hydrogen-bond acceptors (Lipinski definition) is 4. The predicted molar refractivity (Wildman–Crippen MR) is 69.4 cm³/mol. The van der Waals surface area contributed by atoms with Crippen molar-refractivity contribution in [2.75, 3.05) is 46.4 Å². The minimum absolute atomic E-state index is 0.0612. The fourth-order valence-electron chi connectivity index (χ4n) is 2.79. The van der Waals surface area contributed by atoms with E-state index < -0.39 is 0 Å². The summed E-state index contributed by atoms with van der Waals surface area (Å²) in [5.41, 5.74) is 5.83. The standard InChI is InChI=1S/C12H24N4O2/c1-18-11-2-4-15(10(8-11)9-13)6-7-16-5-3-14-12(16)17/h10-11H,2-9,13H2,1H3,(H,14,17). The molecule has 0 aromatic rings. The second-order valence-corrected chi connectivity index (χ2v) is 5.03. The highest BCUT2D eigenvalue weighted by atomic mass is 16.5. The summed E-state index contributed by atoms with van der Waals surface area (Å²) in [5.74, 6) is 0. The number of nitrogens with two attached hydrogens (primary N) is 1. The number of ether oxygens (including phenoxy) is 1. The van der Waals surface area contributed by atoms with Gasteiger partial charge in [-0.25, -0.2) is 4.79 Å². The lowest BCUT2D eigenvalue weighted by Gasteiger charge is -2.39. The van der Waals surface area contributed by atoms with Crippen molar-refractivity contribution in [3.8, 4) is 0 Å². The lowest BCUT2D eigenvalue weighted by molar-refractivity contribution is 0.0117. The molecule has 2 fully saturated rings. The molecular formula is C12H24N4O2. The molecule has 0 saturated carbocycles. The Hall–Kier alpha value is -0.850. The molecule has 0 aromatic heterocycles. The Morgan fingerprint density at radius 3 is 2.89 bits per heavy atom. The Balaban J connectivity index is 1.79. The Kier molecular flexibility index (Phi) is 4.79. The predicted octanol–water partition coefficient (Wildman–Crippen LogP) is -0.550. The van der Waals surface area contributed by atoms with Crippen LogP contribution in [-0.4, -0.2) is 74.4 Å². The van der Waals surface area contributed by atoms with Gasteiger partial charge in [0.05, 0.1) is 6.10 Å². The molecule has 2 atom stereocenters. The summed E-state index contributed by atoms with van der Waals surface area (Å²) in [6.07, 6.45) is 2.39. The molecule has 2 saturated heterocycles. The molecule has 2 aliphatic heterocycles. The van der Waals surface area contributed by atoms with Gasteiger partial charge in [0.2, 0.25) is 0 Å². The van der Waals surface area contributed by atoms with E-state index in [1.807, 2.05) is 4.90 Å². The maximum Gasteiger partial charge on any atom is 0.317 e. The first-order valence-electron chi connectivity index (χ1n) is 6.74. The monoisotopic (exact) mass is 256 g/mol. The first-order valence-corrected chi connectivity index (χ1v) is 6.74. The van der Waals surface area contributed by atoms with Crippen molar-refractivity contribution >= 4 is 6.03 Å². The van der Waals surface area contributed by atoms with Crippen molar-refractivity contribution in [2.45, 2.75) is 25.0 Å². The number of hydrogen-bond donors (Lipinski definition) is 2. The van der Waals surface area contributed by atoms with Gasteiger partial charge in [-0.05, 0) is 12.8 Å². The molecule has 2 unspecified atom stereocenters. The van der Waals surface area contributed by atoms with Gasteiger partial charge in [-0.1, -0.05) is 0 Å². The van der Waals surface area contributed by atoms with E-state index >= 15 is 0 Å². The third kappa shape index (κ3) is 3.13. The van der Waals surface area contributed by atoms with Crippen LogP contribution in [-0.2, 0) is 4.74 Å². The summed E-state index contributed by atoms with van der Waals surface area (Å²) in [7, 11) is 1.77. The normalized spacial score (nSPS) is 29.7. The van der Waals surface area contributed by atoms with Gasteiger partial charge in [0, 0.05) is 52.4 Å². The van der Waals surface area contributed by atoms with Crippen LogP contribution < -0.4 is 11.1 Å². The molecule has 2 rings (SSSR count). The summed E-state index contributed by atoms with van der Waals surface area (Å²) in [4.78, 5) is 15.7. The Morgan fingerprint density at radius 1 is 1.44 bits per heavy atom. The highest BCUT2D eigenvalue weighted by Crippen LogP contribution is 2.18. The number of nitrogens with zero attached hydrogens (tertiary/aromatic N) is 2. The van der Waals surface area contributed by atoms with Crippen molar-refractivity contribution in [3.63, 3.8) is 0 Å². The van der Waals surface area contributed by atoms with Crippen LogP contribution in [0.3, 0.4) is 0 Å². The Morgan fingerprint density at radius 2 is 2.28 bits per heavy atom. The highest BCUT2D eigenvalue weighted by molar-refractivity contribution is 5.76. The minimum Gasteiger partial charge on any atom is -0.381 e. The lowest BCUT2D eigenvalue weighted by atomic mass is 9.99. The van der Waals surface area contributed by atoms with E-state index in [-0.39, 0.29) is 6.03 Å². The van der Waals surface area contributed by atoms with Crippen LogP contribution in [0.2, 0.25) is 0 Å². The topological polar surface area (TPSA) is 70.8 Å².